The maximum atomic E-state index is 11.4. The molecule has 0 unspecified atom stereocenters. The van der Waals surface area contributed by atoms with Gasteiger partial charge in [0.15, 0.2) is 5.13 Å². The Morgan fingerprint density at radius 3 is 2.89 bits per heavy atom. The molecule has 5 nitrogen and oxygen atoms in total. The molecule has 0 atom stereocenters. The molecule has 19 heavy (non-hydrogen) atoms. The second-order valence-corrected chi connectivity index (χ2v) is 6.13. The van der Waals surface area contributed by atoms with E-state index >= 15 is 0 Å². The number of nitrogens with zero attached hydrogens (tertiary/aromatic N) is 2. The second-order valence-electron chi connectivity index (χ2n) is 5.29. The van der Waals surface area contributed by atoms with Gasteiger partial charge in [-0.3, -0.25) is 9.69 Å². The standard InChI is InChI=1S/C13H21N3O2S/c1-4-16(10(2)17)12-15-11(6-19-12)5-14-7-13(3)8-18-9-13/h6,14H,4-5,7-9H2,1-3H3. The Morgan fingerprint density at radius 2 is 2.37 bits per heavy atom. The van der Waals surface area contributed by atoms with Gasteiger partial charge in [-0.2, -0.15) is 0 Å². The third kappa shape index (κ3) is 3.52. The lowest BCUT2D eigenvalue weighted by molar-refractivity contribution is -0.116. The number of nitrogens with one attached hydrogen (secondary N) is 1. The molecular weight excluding hydrogens is 262 g/mol. The maximum Gasteiger partial charge on any atom is 0.225 e. The molecule has 1 N–H and O–H groups in total. The van der Waals surface area contributed by atoms with Gasteiger partial charge in [-0.1, -0.05) is 6.92 Å². The van der Waals surface area contributed by atoms with Crippen molar-refractivity contribution in [2.45, 2.75) is 27.3 Å². The molecule has 1 aliphatic heterocycles. The number of ether oxygens (including phenoxy) is 1. The van der Waals surface area contributed by atoms with Gasteiger partial charge < -0.3 is 10.1 Å². The number of thiazole rings is 1. The van der Waals surface area contributed by atoms with Gasteiger partial charge in [-0.25, -0.2) is 4.98 Å². The average molecular weight is 283 g/mol. The molecule has 0 radical (unpaired) electrons. The lowest BCUT2D eigenvalue weighted by atomic mass is 9.89. The molecule has 0 saturated carbocycles. The molecule has 1 amide bonds. The van der Waals surface area contributed by atoms with Crippen LogP contribution in [-0.4, -0.2) is 37.2 Å². The monoisotopic (exact) mass is 283 g/mol. The molecule has 0 aliphatic carbocycles. The highest BCUT2D eigenvalue weighted by Gasteiger charge is 2.32. The molecule has 0 aromatic carbocycles. The van der Waals surface area contributed by atoms with E-state index in [9.17, 15) is 4.79 Å². The van der Waals surface area contributed by atoms with E-state index in [-0.39, 0.29) is 11.3 Å². The zero-order chi connectivity index (χ0) is 13.9. The van der Waals surface area contributed by atoms with Crippen LogP contribution in [0.5, 0.6) is 0 Å². The summed E-state index contributed by atoms with van der Waals surface area (Å²) in [6.07, 6.45) is 0. The molecule has 1 aliphatic rings. The van der Waals surface area contributed by atoms with Crippen molar-refractivity contribution in [1.29, 1.82) is 0 Å². The van der Waals surface area contributed by atoms with E-state index < -0.39 is 0 Å². The van der Waals surface area contributed by atoms with Crippen molar-refractivity contribution >= 4 is 22.4 Å². The van der Waals surface area contributed by atoms with Crippen LogP contribution in [0.3, 0.4) is 0 Å². The highest BCUT2D eigenvalue weighted by atomic mass is 32.1. The van der Waals surface area contributed by atoms with Crippen LogP contribution < -0.4 is 10.2 Å². The number of hydrogen-bond donors (Lipinski definition) is 1. The second kappa shape index (κ2) is 5.98. The normalized spacial score (nSPS) is 17.0. The SMILES string of the molecule is CCN(C(C)=O)c1nc(CNCC2(C)COC2)cs1. The molecule has 0 spiro atoms. The van der Waals surface area contributed by atoms with E-state index in [2.05, 4.69) is 17.2 Å². The van der Waals surface area contributed by atoms with Crippen molar-refractivity contribution in [1.82, 2.24) is 10.3 Å². The fourth-order valence-electron chi connectivity index (χ4n) is 2.04. The molecule has 6 heteroatoms. The summed E-state index contributed by atoms with van der Waals surface area (Å²) >= 11 is 1.52. The summed E-state index contributed by atoms with van der Waals surface area (Å²) in [5.74, 6) is 0.0375. The molecular formula is C13H21N3O2S. The topological polar surface area (TPSA) is 54.5 Å². The molecule has 2 rings (SSSR count). The summed E-state index contributed by atoms with van der Waals surface area (Å²) in [5.41, 5.74) is 1.26. The van der Waals surface area contributed by atoms with Crippen LogP contribution in [0.15, 0.2) is 5.38 Å². The number of aromatic nitrogens is 1. The van der Waals surface area contributed by atoms with E-state index in [1.54, 1.807) is 11.8 Å². The molecule has 1 aromatic heterocycles. The minimum atomic E-state index is 0.0375. The number of rotatable bonds is 6. The van der Waals surface area contributed by atoms with Gasteiger partial charge in [0.2, 0.25) is 5.91 Å². The van der Waals surface area contributed by atoms with E-state index in [0.717, 1.165) is 37.1 Å². The smallest absolute Gasteiger partial charge is 0.225 e. The summed E-state index contributed by atoms with van der Waals surface area (Å²) in [5, 5.41) is 6.19. The third-order valence-electron chi connectivity index (χ3n) is 3.23. The Kier molecular flexibility index (Phi) is 4.54. The molecule has 0 bridgehead atoms. The van der Waals surface area contributed by atoms with E-state index in [1.807, 2.05) is 12.3 Å². The van der Waals surface area contributed by atoms with Crippen LogP contribution in [0.1, 0.15) is 26.5 Å². The van der Waals surface area contributed by atoms with Crippen LogP contribution in [0.25, 0.3) is 0 Å². The van der Waals surface area contributed by atoms with E-state index in [0.29, 0.717) is 6.54 Å². The first-order valence-corrected chi connectivity index (χ1v) is 7.43. The van der Waals surface area contributed by atoms with Gasteiger partial charge in [0.25, 0.3) is 0 Å². The number of carbonyl (C=O) groups is 1. The predicted molar refractivity (Wildman–Crippen MR) is 76.4 cm³/mol. The zero-order valence-electron chi connectivity index (χ0n) is 11.7. The number of anilines is 1. The summed E-state index contributed by atoms with van der Waals surface area (Å²) in [7, 11) is 0. The van der Waals surface area contributed by atoms with Gasteiger partial charge >= 0.3 is 0 Å². The van der Waals surface area contributed by atoms with Gasteiger partial charge in [0, 0.05) is 37.4 Å². The molecule has 1 aromatic rings. The molecule has 1 saturated heterocycles. The number of hydrogen-bond acceptors (Lipinski definition) is 5. The van der Waals surface area contributed by atoms with Gasteiger partial charge in [0.05, 0.1) is 18.9 Å². The predicted octanol–water partition coefficient (Wildman–Crippen LogP) is 1.64. The third-order valence-corrected chi connectivity index (χ3v) is 4.14. The Hall–Kier alpha value is -0.980. The largest absolute Gasteiger partial charge is 0.380 e. The quantitative estimate of drug-likeness (QED) is 0.862. The van der Waals surface area contributed by atoms with Crippen LogP contribution in [0, 0.1) is 5.41 Å². The van der Waals surface area contributed by atoms with Crippen molar-refractivity contribution in [3.8, 4) is 0 Å². The fourth-order valence-corrected chi connectivity index (χ4v) is 2.97. The van der Waals surface area contributed by atoms with Crippen LogP contribution in [0.2, 0.25) is 0 Å². The molecule has 1 fully saturated rings. The summed E-state index contributed by atoms with van der Waals surface area (Å²) in [6.45, 7) is 9.73. The summed E-state index contributed by atoms with van der Waals surface area (Å²) < 4.78 is 5.22. The Balaban J connectivity index is 1.85. The van der Waals surface area contributed by atoms with Crippen LogP contribution in [0.4, 0.5) is 5.13 Å². The highest BCUT2D eigenvalue weighted by molar-refractivity contribution is 7.14. The zero-order valence-corrected chi connectivity index (χ0v) is 12.5. The minimum Gasteiger partial charge on any atom is -0.380 e. The lowest BCUT2D eigenvalue weighted by Crippen LogP contribution is -2.47. The summed E-state index contributed by atoms with van der Waals surface area (Å²) in [4.78, 5) is 17.6. The first-order chi connectivity index (χ1) is 9.04. The van der Waals surface area contributed by atoms with Gasteiger partial charge in [-0.15, -0.1) is 11.3 Å². The van der Waals surface area contributed by atoms with Crippen molar-refractivity contribution < 1.29 is 9.53 Å². The van der Waals surface area contributed by atoms with Crippen molar-refractivity contribution in [3.05, 3.63) is 11.1 Å². The van der Waals surface area contributed by atoms with Gasteiger partial charge in [-0.05, 0) is 6.92 Å². The fraction of sp³-hybridized carbons (Fsp3) is 0.692. The van der Waals surface area contributed by atoms with Crippen molar-refractivity contribution in [3.63, 3.8) is 0 Å². The van der Waals surface area contributed by atoms with Crippen LogP contribution in [-0.2, 0) is 16.1 Å². The summed E-state index contributed by atoms with van der Waals surface area (Å²) in [6, 6.07) is 0. The highest BCUT2D eigenvalue weighted by Crippen LogP contribution is 2.25. The van der Waals surface area contributed by atoms with E-state index in [4.69, 9.17) is 4.74 Å². The average Bonchev–Trinajstić information content (AvgIpc) is 2.76. The lowest BCUT2D eigenvalue weighted by Gasteiger charge is -2.38. The van der Waals surface area contributed by atoms with Crippen molar-refractivity contribution in [2.24, 2.45) is 5.41 Å². The maximum absolute atomic E-state index is 11.4. The Labute approximate surface area is 118 Å². The molecule has 2 heterocycles. The number of amides is 1. The minimum absolute atomic E-state index is 0.0375. The Morgan fingerprint density at radius 1 is 1.63 bits per heavy atom. The van der Waals surface area contributed by atoms with Crippen LogP contribution >= 0.6 is 11.3 Å². The first-order valence-electron chi connectivity index (χ1n) is 6.55. The first kappa shape index (κ1) is 14.4. The van der Waals surface area contributed by atoms with Crippen molar-refractivity contribution in [2.75, 3.05) is 31.2 Å². The van der Waals surface area contributed by atoms with Gasteiger partial charge in [0.1, 0.15) is 0 Å². The van der Waals surface area contributed by atoms with E-state index in [1.165, 1.54) is 11.3 Å². The Bertz CT molecular complexity index is 443. The molecule has 106 valence electrons. The number of carbonyl (C=O) groups excluding carboxylic acids is 1.